The van der Waals surface area contributed by atoms with Gasteiger partial charge in [-0.25, -0.2) is 0 Å². The van der Waals surface area contributed by atoms with Gasteiger partial charge in [-0.15, -0.1) is 0 Å². The molecule has 0 bridgehead atoms. The van der Waals surface area contributed by atoms with Gasteiger partial charge in [0.25, 0.3) is 5.69 Å². The summed E-state index contributed by atoms with van der Waals surface area (Å²) in [6.07, 6.45) is -4.65. The molecule has 6 nitrogen and oxygen atoms in total. The van der Waals surface area contributed by atoms with Crippen molar-refractivity contribution in [2.45, 2.75) is 32.5 Å². The zero-order valence-corrected chi connectivity index (χ0v) is 12.9. The second-order valence-electron chi connectivity index (χ2n) is 5.44. The second-order valence-corrected chi connectivity index (χ2v) is 5.85. The first-order valence-electron chi connectivity index (χ1n) is 6.10. The Hall–Kier alpha value is -2.10. The van der Waals surface area contributed by atoms with Gasteiger partial charge in [0.15, 0.2) is 5.11 Å². The molecule has 1 aromatic carbocycles. The van der Waals surface area contributed by atoms with Crippen LogP contribution in [0.25, 0.3) is 0 Å². The number of hydrazine groups is 1. The fourth-order valence-corrected chi connectivity index (χ4v) is 1.82. The zero-order valence-electron chi connectivity index (χ0n) is 12.0. The van der Waals surface area contributed by atoms with Gasteiger partial charge in [-0.1, -0.05) is 0 Å². The monoisotopic (exact) mass is 336 g/mol. The minimum Gasteiger partial charge on any atom is -0.357 e. The predicted octanol–water partition coefficient (Wildman–Crippen LogP) is 3.20. The minimum atomic E-state index is -4.65. The van der Waals surface area contributed by atoms with Crippen molar-refractivity contribution in [2.24, 2.45) is 0 Å². The third kappa shape index (κ3) is 5.35. The van der Waals surface area contributed by atoms with E-state index in [2.05, 4.69) is 16.2 Å². The van der Waals surface area contributed by atoms with Crippen molar-refractivity contribution in [1.82, 2.24) is 10.7 Å². The van der Waals surface area contributed by atoms with Crippen LogP contribution in [0.1, 0.15) is 26.3 Å². The fraction of sp³-hybridized carbons (Fsp3) is 0.417. The number of thiocarbonyl (C=S) groups is 1. The van der Waals surface area contributed by atoms with Crippen LogP contribution in [0.3, 0.4) is 0 Å². The highest BCUT2D eigenvalue weighted by Gasteiger charge is 2.33. The summed E-state index contributed by atoms with van der Waals surface area (Å²) in [5.74, 6) is 0. The molecule has 122 valence electrons. The lowest BCUT2D eigenvalue weighted by Crippen LogP contribution is -2.48. The number of nitrogens with zero attached hydrogens (tertiary/aromatic N) is 1. The molecule has 1 rings (SSSR count). The lowest BCUT2D eigenvalue weighted by molar-refractivity contribution is -0.384. The second kappa shape index (κ2) is 6.34. The van der Waals surface area contributed by atoms with Crippen molar-refractivity contribution >= 4 is 28.7 Å². The Morgan fingerprint density at radius 2 is 1.86 bits per heavy atom. The van der Waals surface area contributed by atoms with E-state index in [4.69, 9.17) is 12.2 Å². The number of nitrogens with one attached hydrogen (secondary N) is 3. The number of alkyl halides is 3. The van der Waals surface area contributed by atoms with Gasteiger partial charge in [0.1, 0.15) is 5.69 Å². The first-order valence-corrected chi connectivity index (χ1v) is 6.51. The van der Waals surface area contributed by atoms with Crippen molar-refractivity contribution in [2.75, 3.05) is 5.43 Å². The molecule has 0 saturated heterocycles. The minimum absolute atomic E-state index is 0.129. The standard InChI is InChI=1S/C12H15F3N4O2S/c1-11(2,3)16-10(22)18-17-8-5-4-7(12(13,14)15)6-9(8)19(20)21/h4-6,17H,1-3H3,(H2,16,18,22). The summed E-state index contributed by atoms with van der Waals surface area (Å²) in [6.45, 7) is 5.55. The van der Waals surface area contributed by atoms with E-state index in [-0.39, 0.29) is 16.3 Å². The van der Waals surface area contributed by atoms with E-state index in [1.54, 1.807) is 0 Å². The Bertz CT molecular complexity index is 585. The third-order valence-electron chi connectivity index (χ3n) is 2.32. The van der Waals surface area contributed by atoms with Crippen LogP contribution in [0.2, 0.25) is 0 Å². The molecule has 0 aromatic heterocycles. The van der Waals surface area contributed by atoms with Gasteiger partial charge >= 0.3 is 6.18 Å². The largest absolute Gasteiger partial charge is 0.416 e. The molecule has 0 spiro atoms. The van der Waals surface area contributed by atoms with Crippen molar-refractivity contribution < 1.29 is 18.1 Å². The number of rotatable bonds is 3. The zero-order chi connectivity index (χ0) is 17.1. The SMILES string of the molecule is CC(C)(C)NC(=S)NNc1ccc(C(F)(F)F)cc1[N+](=O)[O-]. The number of nitro benzene ring substituents is 1. The number of hydrogen-bond donors (Lipinski definition) is 3. The van der Waals surface area contributed by atoms with Crippen LogP contribution >= 0.6 is 12.2 Å². The van der Waals surface area contributed by atoms with Crippen LogP contribution in [0.15, 0.2) is 18.2 Å². The Labute approximate surface area is 130 Å². The molecule has 10 heteroatoms. The average molecular weight is 336 g/mol. The number of anilines is 1. The highest BCUT2D eigenvalue weighted by molar-refractivity contribution is 7.80. The van der Waals surface area contributed by atoms with Gasteiger partial charge in [0.2, 0.25) is 0 Å². The molecule has 0 unspecified atom stereocenters. The summed E-state index contributed by atoms with van der Waals surface area (Å²) in [6, 6.07) is 2.18. The van der Waals surface area contributed by atoms with Crippen molar-refractivity contribution in [1.29, 1.82) is 0 Å². The Morgan fingerprint density at radius 1 is 1.27 bits per heavy atom. The van der Waals surface area contributed by atoms with Crippen LogP contribution in [0, 0.1) is 10.1 Å². The van der Waals surface area contributed by atoms with Crippen molar-refractivity contribution in [3.8, 4) is 0 Å². The summed E-state index contributed by atoms with van der Waals surface area (Å²) in [5.41, 5.74) is 2.66. The van der Waals surface area contributed by atoms with Gasteiger partial charge in [0, 0.05) is 11.6 Å². The van der Waals surface area contributed by atoms with Crippen LogP contribution in [0.5, 0.6) is 0 Å². The molecule has 1 aromatic rings. The number of benzene rings is 1. The van der Waals surface area contributed by atoms with Crippen molar-refractivity contribution in [3.63, 3.8) is 0 Å². The summed E-state index contributed by atoms with van der Waals surface area (Å²) < 4.78 is 37.7. The van der Waals surface area contributed by atoms with Gasteiger partial charge in [0.05, 0.1) is 10.5 Å². The lowest BCUT2D eigenvalue weighted by Gasteiger charge is -2.23. The molecular weight excluding hydrogens is 321 g/mol. The predicted molar refractivity (Wildman–Crippen MR) is 80.3 cm³/mol. The van der Waals surface area contributed by atoms with E-state index in [1.165, 1.54) is 0 Å². The maximum atomic E-state index is 12.6. The Kier molecular flexibility index (Phi) is 5.17. The summed E-state index contributed by atoms with van der Waals surface area (Å²) in [4.78, 5) is 9.99. The summed E-state index contributed by atoms with van der Waals surface area (Å²) >= 11 is 4.96. The van der Waals surface area contributed by atoms with E-state index in [9.17, 15) is 23.3 Å². The van der Waals surface area contributed by atoms with E-state index in [0.29, 0.717) is 6.07 Å². The normalized spacial score (nSPS) is 11.7. The van der Waals surface area contributed by atoms with E-state index >= 15 is 0 Å². The first-order chi connectivity index (χ1) is 9.90. The number of hydrogen-bond acceptors (Lipinski definition) is 4. The maximum Gasteiger partial charge on any atom is 0.416 e. The molecule has 0 saturated carbocycles. The van der Waals surface area contributed by atoms with E-state index < -0.39 is 22.4 Å². The molecule has 0 atom stereocenters. The van der Waals surface area contributed by atoms with Crippen LogP contribution in [0.4, 0.5) is 24.5 Å². The van der Waals surface area contributed by atoms with E-state index in [0.717, 1.165) is 12.1 Å². The first kappa shape index (κ1) is 18.0. The molecule has 0 heterocycles. The van der Waals surface area contributed by atoms with Gasteiger partial charge in [-0.3, -0.25) is 21.0 Å². The molecule has 3 N–H and O–H groups in total. The Morgan fingerprint density at radius 3 is 2.32 bits per heavy atom. The topological polar surface area (TPSA) is 79.2 Å². The molecule has 0 aliphatic heterocycles. The van der Waals surface area contributed by atoms with Crippen molar-refractivity contribution in [3.05, 3.63) is 33.9 Å². The smallest absolute Gasteiger partial charge is 0.357 e. The van der Waals surface area contributed by atoms with Gasteiger partial charge < -0.3 is 5.32 Å². The molecule has 22 heavy (non-hydrogen) atoms. The van der Waals surface area contributed by atoms with Crippen LogP contribution in [-0.2, 0) is 6.18 Å². The van der Waals surface area contributed by atoms with Crippen LogP contribution in [-0.4, -0.2) is 15.6 Å². The molecule has 0 aliphatic rings. The van der Waals surface area contributed by atoms with Crippen LogP contribution < -0.4 is 16.2 Å². The van der Waals surface area contributed by atoms with Gasteiger partial charge in [-0.2, -0.15) is 13.2 Å². The highest BCUT2D eigenvalue weighted by Crippen LogP contribution is 2.34. The quantitative estimate of drug-likeness (QED) is 0.447. The van der Waals surface area contributed by atoms with Gasteiger partial charge in [-0.05, 0) is 45.1 Å². The lowest BCUT2D eigenvalue weighted by atomic mass is 10.1. The van der Waals surface area contributed by atoms with E-state index in [1.807, 2.05) is 20.8 Å². The Balaban J connectivity index is 2.92. The molecule has 0 aliphatic carbocycles. The average Bonchev–Trinajstić information content (AvgIpc) is 2.32. The highest BCUT2D eigenvalue weighted by atomic mass is 32.1. The molecule has 0 fully saturated rings. The number of nitro groups is 1. The molecular formula is C12H15F3N4O2S. The number of halogens is 3. The third-order valence-corrected chi connectivity index (χ3v) is 2.53. The summed E-state index contributed by atoms with van der Waals surface area (Å²) in [5, 5.41) is 13.9. The maximum absolute atomic E-state index is 12.6. The molecule has 0 amide bonds. The summed E-state index contributed by atoms with van der Waals surface area (Å²) in [7, 11) is 0. The molecule has 0 radical (unpaired) electrons. The fourth-order valence-electron chi connectivity index (χ4n) is 1.46.